The van der Waals surface area contributed by atoms with Gasteiger partial charge in [0.1, 0.15) is 5.75 Å². The highest BCUT2D eigenvalue weighted by Crippen LogP contribution is 2.28. The van der Waals surface area contributed by atoms with Gasteiger partial charge in [-0.1, -0.05) is 26.0 Å². The molecule has 0 radical (unpaired) electrons. The molecule has 0 aliphatic heterocycles. The fourth-order valence-electron chi connectivity index (χ4n) is 2.43. The van der Waals surface area contributed by atoms with Crippen molar-refractivity contribution in [2.75, 3.05) is 27.4 Å². The molecule has 1 rings (SSSR count). The maximum atomic E-state index is 5.32. The van der Waals surface area contributed by atoms with Crippen molar-refractivity contribution in [3.8, 4) is 5.75 Å². The van der Waals surface area contributed by atoms with Crippen molar-refractivity contribution in [1.29, 1.82) is 0 Å². The molecule has 2 atom stereocenters. The number of aryl methyl sites for hydroxylation is 1. The van der Waals surface area contributed by atoms with Crippen molar-refractivity contribution in [3.05, 3.63) is 29.3 Å². The third-order valence-electron chi connectivity index (χ3n) is 3.55. The molecule has 0 amide bonds. The minimum atomic E-state index is 0.366. The molecule has 3 heteroatoms. The summed E-state index contributed by atoms with van der Waals surface area (Å²) in [5.41, 5.74) is 2.51. The Hall–Kier alpha value is -1.06. The lowest BCUT2D eigenvalue weighted by molar-refractivity contribution is 0.170. The number of ether oxygens (including phenoxy) is 2. The fourth-order valence-corrected chi connectivity index (χ4v) is 2.43. The molecular formula is C16H27NO2. The first-order valence-corrected chi connectivity index (χ1v) is 7.00. The van der Waals surface area contributed by atoms with Crippen LogP contribution in [0.4, 0.5) is 0 Å². The topological polar surface area (TPSA) is 30.5 Å². The Bertz CT molecular complexity index is 379. The molecule has 0 aliphatic carbocycles. The maximum absolute atomic E-state index is 5.32. The average Bonchev–Trinajstić information content (AvgIpc) is 2.42. The molecule has 108 valence electrons. The van der Waals surface area contributed by atoms with E-state index in [1.807, 2.05) is 0 Å². The van der Waals surface area contributed by atoms with E-state index in [1.54, 1.807) is 14.2 Å². The molecule has 2 unspecified atom stereocenters. The molecule has 3 nitrogen and oxygen atoms in total. The van der Waals surface area contributed by atoms with Crippen molar-refractivity contribution in [2.45, 2.75) is 33.2 Å². The highest BCUT2D eigenvalue weighted by Gasteiger charge is 2.18. The summed E-state index contributed by atoms with van der Waals surface area (Å²) in [6.07, 6.45) is 1.05. The summed E-state index contributed by atoms with van der Waals surface area (Å²) in [6.45, 7) is 8.27. The summed E-state index contributed by atoms with van der Waals surface area (Å²) in [5, 5.41) is 3.58. The Morgan fingerprint density at radius 1 is 1.26 bits per heavy atom. The lowest BCUT2D eigenvalue weighted by Crippen LogP contribution is -2.27. The number of methoxy groups -OCH3 is 2. The zero-order valence-electron chi connectivity index (χ0n) is 12.8. The van der Waals surface area contributed by atoms with E-state index in [1.165, 1.54) is 11.1 Å². The Kier molecular flexibility index (Phi) is 6.89. The number of rotatable bonds is 8. The van der Waals surface area contributed by atoms with Gasteiger partial charge in [-0.05, 0) is 43.0 Å². The van der Waals surface area contributed by atoms with Gasteiger partial charge in [-0.15, -0.1) is 0 Å². The maximum Gasteiger partial charge on any atom is 0.121 e. The molecule has 0 heterocycles. The lowest BCUT2D eigenvalue weighted by Gasteiger charge is -2.26. The molecule has 1 N–H and O–H groups in total. The minimum absolute atomic E-state index is 0.366. The largest absolute Gasteiger partial charge is 0.496 e. The van der Waals surface area contributed by atoms with Gasteiger partial charge in [0, 0.05) is 19.8 Å². The monoisotopic (exact) mass is 265 g/mol. The van der Waals surface area contributed by atoms with E-state index >= 15 is 0 Å². The van der Waals surface area contributed by atoms with Gasteiger partial charge in [0.25, 0.3) is 0 Å². The summed E-state index contributed by atoms with van der Waals surface area (Å²) < 4.78 is 10.5. The average molecular weight is 265 g/mol. The van der Waals surface area contributed by atoms with Crippen LogP contribution in [0, 0.1) is 12.8 Å². The van der Waals surface area contributed by atoms with Gasteiger partial charge in [0.15, 0.2) is 0 Å². The van der Waals surface area contributed by atoms with Crippen molar-refractivity contribution in [3.63, 3.8) is 0 Å². The molecule has 0 aliphatic rings. The molecule has 0 fully saturated rings. The molecular weight excluding hydrogens is 238 g/mol. The van der Waals surface area contributed by atoms with E-state index in [-0.39, 0.29) is 0 Å². The number of nitrogens with one attached hydrogen (secondary N) is 1. The Morgan fingerprint density at radius 3 is 2.53 bits per heavy atom. The predicted molar refractivity (Wildman–Crippen MR) is 79.8 cm³/mol. The van der Waals surface area contributed by atoms with Gasteiger partial charge in [-0.2, -0.15) is 0 Å². The molecule has 1 aromatic rings. The first-order chi connectivity index (χ1) is 9.13. The highest BCUT2D eigenvalue weighted by molar-refractivity contribution is 5.37. The first kappa shape index (κ1) is 16.0. The molecule has 0 saturated carbocycles. The van der Waals surface area contributed by atoms with Gasteiger partial charge in [0.05, 0.1) is 7.11 Å². The van der Waals surface area contributed by atoms with E-state index in [0.717, 1.165) is 25.3 Å². The summed E-state index contributed by atoms with van der Waals surface area (Å²) in [6, 6.07) is 6.79. The quantitative estimate of drug-likeness (QED) is 0.782. The van der Waals surface area contributed by atoms with E-state index in [2.05, 4.69) is 44.3 Å². The number of hydrogen-bond donors (Lipinski definition) is 1. The second-order valence-electron chi connectivity index (χ2n) is 5.02. The predicted octanol–water partition coefficient (Wildman–Crippen LogP) is 3.33. The first-order valence-electron chi connectivity index (χ1n) is 7.00. The van der Waals surface area contributed by atoms with Crippen molar-refractivity contribution < 1.29 is 9.47 Å². The zero-order chi connectivity index (χ0) is 14.3. The normalized spacial score (nSPS) is 14.2. The highest BCUT2D eigenvalue weighted by atomic mass is 16.5. The number of benzene rings is 1. The minimum Gasteiger partial charge on any atom is -0.496 e. The van der Waals surface area contributed by atoms with Crippen LogP contribution in [0.15, 0.2) is 18.2 Å². The van der Waals surface area contributed by atoms with E-state index in [9.17, 15) is 0 Å². The lowest BCUT2D eigenvalue weighted by atomic mass is 9.91. The van der Waals surface area contributed by atoms with Crippen molar-refractivity contribution >= 4 is 0 Å². The van der Waals surface area contributed by atoms with Crippen LogP contribution in [0.2, 0.25) is 0 Å². The fraction of sp³-hybridized carbons (Fsp3) is 0.625. The molecule has 0 spiro atoms. The molecule has 19 heavy (non-hydrogen) atoms. The van der Waals surface area contributed by atoms with Gasteiger partial charge in [-0.3, -0.25) is 0 Å². The summed E-state index contributed by atoms with van der Waals surface area (Å²) >= 11 is 0. The molecule has 0 aromatic heterocycles. The third-order valence-corrected chi connectivity index (χ3v) is 3.55. The standard InChI is InChI=1S/C16H27NO2/c1-6-17-16(12(2)9-10-18-4)14-7-8-15(19-5)13(3)11-14/h7-8,11-12,16-17H,6,9-10H2,1-5H3. The SMILES string of the molecule is CCNC(c1ccc(OC)c(C)c1)C(C)CCOC. The third kappa shape index (κ3) is 4.51. The number of hydrogen-bond acceptors (Lipinski definition) is 3. The Morgan fingerprint density at radius 2 is 2.00 bits per heavy atom. The van der Waals surface area contributed by atoms with Crippen LogP contribution in [0.5, 0.6) is 5.75 Å². The van der Waals surface area contributed by atoms with Crippen LogP contribution in [0.3, 0.4) is 0 Å². The van der Waals surface area contributed by atoms with E-state index in [0.29, 0.717) is 12.0 Å². The van der Waals surface area contributed by atoms with Gasteiger partial charge < -0.3 is 14.8 Å². The van der Waals surface area contributed by atoms with Crippen LogP contribution >= 0.6 is 0 Å². The van der Waals surface area contributed by atoms with Crippen LogP contribution in [-0.2, 0) is 4.74 Å². The van der Waals surface area contributed by atoms with Crippen LogP contribution in [0.25, 0.3) is 0 Å². The summed E-state index contributed by atoms with van der Waals surface area (Å²) in [4.78, 5) is 0. The van der Waals surface area contributed by atoms with Crippen LogP contribution in [0.1, 0.15) is 37.4 Å². The van der Waals surface area contributed by atoms with E-state index in [4.69, 9.17) is 9.47 Å². The molecule has 0 bridgehead atoms. The van der Waals surface area contributed by atoms with E-state index < -0.39 is 0 Å². The van der Waals surface area contributed by atoms with Gasteiger partial charge >= 0.3 is 0 Å². The van der Waals surface area contributed by atoms with Crippen LogP contribution < -0.4 is 10.1 Å². The van der Waals surface area contributed by atoms with Crippen molar-refractivity contribution in [2.24, 2.45) is 5.92 Å². The molecule has 1 aromatic carbocycles. The zero-order valence-corrected chi connectivity index (χ0v) is 12.8. The van der Waals surface area contributed by atoms with Crippen LogP contribution in [-0.4, -0.2) is 27.4 Å². The Labute approximate surface area is 117 Å². The molecule has 0 saturated heterocycles. The van der Waals surface area contributed by atoms with Crippen molar-refractivity contribution in [1.82, 2.24) is 5.32 Å². The summed E-state index contributed by atoms with van der Waals surface area (Å²) in [7, 11) is 3.47. The second kappa shape index (κ2) is 8.18. The Balaban J connectivity index is 2.88. The second-order valence-corrected chi connectivity index (χ2v) is 5.02. The van der Waals surface area contributed by atoms with Gasteiger partial charge in [0.2, 0.25) is 0 Å². The smallest absolute Gasteiger partial charge is 0.121 e. The summed E-state index contributed by atoms with van der Waals surface area (Å²) in [5.74, 6) is 1.48. The van der Waals surface area contributed by atoms with Gasteiger partial charge in [-0.25, -0.2) is 0 Å².